The van der Waals surface area contributed by atoms with E-state index >= 15 is 0 Å². The number of likely N-dealkylation sites (N-methyl/N-ethyl adjacent to an activating group) is 1. The van der Waals surface area contributed by atoms with Crippen molar-refractivity contribution in [1.29, 1.82) is 0 Å². The zero-order chi connectivity index (χ0) is 22.4. The number of hydrogen-bond donors (Lipinski definition) is 2. The maximum absolute atomic E-state index is 12.7. The van der Waals surface area contributed by atoms with Gasteiger partial charge in [-0.15, -0.1) is 11.3 Å². The van der Waals surface area contributed by atoms with Gasteiger partial charge < -0.3 is 10.2 Å². The molecule has 2 N–H and O–H groups in total. The van der Waals surface area contributed by atoms with E-state index in [1.54, 1.807) is 24.3 Å². The van der Waals surface area contributed by atoms with Crippen LogP contribution in [0.3, 0.4) is 0 Å². The normalized spacial score (nSPS) is 11.2. The molecule has 3 aromatic rings. The van der Waals surface area contributed by atoms with Crippen LogP contribution in [0.2, 0.25) is 5.02 Å². The van der Waals surface area contributed by atoms with Gasteiger partial charge in [-0.05, 0) is 41.8 Å². The zero-order valence-electron chi connectivity index (χ0n) is 16.5. The Labute approximate surface area is 189 Å². The smallest absolute Gasteiger partial charge is 0.254 e. The van der Waals surface area contributed by atoms with Crippen molar-refractivity contribution in [2.45, 2.75) is 11.4 Å². The molecule has 0 aliphatic heterocycles. The van der Waals surface area contributed by atoms with E-state index in [1.165, 1.54) is 47.5 Å². The van der Waals surface area contributed by atoms with E-state index in [4.69, 9.17) is 11.6 Å². The number of rotatable bonds is 8. The van der Waals surface area contributed by atoms with E-state index in [0.29, 0.717) is 10.7 Å². The second-order valence-electron chi connectivity index (χ2n) is 6.62. The average Bonchev–Trinajstić information content (AvgIpc) is 3.27. The molecule has 1 heterocycles. The molecule has 2 aromatic carbocycles. The van der Waals surface area contributed by atoms with Gasteiger partial charge >= 0.3 is 0 Å². The van der Waals surface area contributed by atoms with Gasteiger partial charge in [-0.1, -0.05) is 35.9 Å². The van der Waals surface area contributed by atoms with Gasteiger partial charge in [-0.3, -0.25) is 9.59 Å². The fraction of sp³-hybridized carbons (Fsp3) is 0.143. The number of hydrogen-bond acceptors (Lipinski definition) is 5. The molecule has 162 valence electrons. The van der Waals surface area contributed by atoms with Crippen LogP contribution in [0.25, 0.3) is 0 Å². The molecule has 1 aromatic heterocycles. The van der Waals surface area contributed by atoms with Crippen molar-refractivity contribution in [3.63, 3.8) is 0 Å². The molecule has 0 saturated carbocycles. The Morgan fingerprint density at radius 1 is 1.06 bits per heavy atom. The number of benzene rings is 2. The number of carbonyl (C=O) groups excluding carboxylic acids is 2. The van der Waals surface area contributed by atoms with E-state index in [9.17, 15) is 18.0 Å². The number of halogens is 1. The van der Waals surface area contributed by atoms with Crippen LogP contribution in [-0.2, 0) is 21.4 Å². The summed E-state index contributed by atoms with van der Waals surface area (Å²) in [5.41, 5.74) is 0.604. The van der Waals surface area contributed by atoms with Crippen molar-refractivity contribution in [3.8, 4) is 0 Å². The lowest BCUT2D eigenvalue weighted by Crippen LogP contribution is -2.35. The monoisotopic (exact) mass is 477 g/mol. The molecule has 7 nitrogen and oxygen atoms in total. The summed E-state index contributed by atoms with van der Waals surface area (Å²) in [4.78, 5) is 27.1. The molecule has 0 atom stereocenters. The van der Waals surface area contributed by atoms with Crippen molar-refractivity contribution in [2.75, 3.05) is 18.9 Å². The molecule has 0 fully saturated rings. The fourth-order valence-corrected chi connectivity index (χ4v) is 4.69. The highest BCUT2D eigenvalue weighted by Crippen LogP contribution is 2.20. The van der Waals surface area contributed by atoms with Crippen LogP contribution in [0.15, 0.2) is 70.9 Å². The summed E-state index contributed by atoms with van der Waals surface area (Å²) in [6.07, 6.45) is 0. The standard InChI is InChI=1S/C21H20ClN3O4S2/c1-25(14-20(26)24-19-10-3-2-9-18(19)22)21(27)15-6-4-8-17(12-15)31(28,29)23-13-16-7-5-11-30-16/h2-12,23H,13-14H2,1H3,(H,24,26). The third-order valence-corrected chi connectivity index (χ3v) is 6.89. The molecule has 0 bridgehead atoms. The molecule has 0 aliphatic carbocycles. The van der Waals surface area contributed by atoms with Crippen molar-refractivity contribution < 1.29 is 18.0 Å². The number of para-hydroxylation sites is 1. The molecular formula is C21H20ClN3O4S2. The summed E-state index contributed by atoms with van der Waals surface area (Å²) in [6, 6.07) is 16.1. The lowest BCUT2D eigenvalue weighted by molar-refractivity contribution is -0.116. The van der Waals surface area contributed by atoms with Gasteiger partial charge in [0.25, 0.3) is 5.91 Å². The highest BCUT2D eigenvalue weighted by molar-refractivity contribution is 7.89. The average molecular weight is 478 g/mol. The molecular weight excluding hydrogens is 458 g/mol. The minimum Gasteiger partial charge on any atom is -0.332 e. The number of nitrogens with zero attached hydrogens (tertiary/aromatic N) is 1. The number of anilines is 1. The first kappa shape index (κ1) is 23.0. The van der Waals surface area contributed by atoms with E-state index < -0.39 is 21.8 Å². The molecule has 2 amide bonds. The van der Waals surface area contributed by atoms with Gasteiger partial charge in [-0.2, -0.15) is 0 Å². The lowest BCUT2D eigenvalue weighted by Gasteiger charge is -2.17. The van der Waals surface area contributed by atoms with Crippen LogP contribution in [-0.4, -0.2) is 38.7 Å². The Bertz CT molecular complexity index is 1180. The first-order chi connectivity index (χ1) is 14.8. The Hall–Kier alpha value is -2.72. The van der Waals surface area contributed by atoms with Gasteiger partial charge in [0.05, 0.1) is 22.2 Å². The number of amides is 2. The summed E-state index contributed by atoms with van der Waals surface area (Å²) < 4.78 is 27.7. The third kappa shape index (κ3) is 6.14. The quantitative estimate of drug-likeness (QED) is 0.518. The predicted molar refractivity (Wildman–Crippen MR) is 122 cm³/mol. The van der Waals surface area contributed by atoms with Gasteiger partial charge in [0.2, 0.25) is 15.9 Å². The second-order valence-corrected chi connectivity index (χ2v) is 9.83. The van der Waals surface area contributed by atoms with E-state index in [1.807, 2.05) is 17.5 Å². The van der Waals surface area contributed by atoms with Crippen LogP contribution >= 0.6 is 22.9 Å². The van der Waals surface area contributed by atoms with Crippen LogP contribution < -0.4 is 10.0 Å². The molecule has 3 rings (SSSR count). The fourth-order valence-electron chi connectivity index (χ4n) is 2.72. The highest BCUT2D eigenvalue weighted by atomic mass is 35.5. The van der Waals surface area contributed by atoms with Gasteiger partial charge in [-0.25, -0.2) is 13.1 Å². The Kier molecular flexibility index (Phi) is 7.45. The molecule has 0 radical (unpaired) electrons. The van der Waals surface area contributed by atoms with Crippen LogP contribution in [0.1, 0.15) is 15.2 Å². The van der Waals surface area contributed by atoms with E-state index in [2.05, 4.69) is 10.0 Å². The molecule has 0 aliphatic rings. The third-order valence-electron chi connectivity index (χ3n) is 4.28. The van der Waals surface area contributed by atoms with Crippen LogP contribution in [0, 0.1) is 0 Å². The van der Waals surface area contributed by atoms with Crippen molar-refractivity contribution in [2.24, 2.45) is 0 Å². The Balaban J connectivity index is 1.66. The molecule has 0 saturated heterocycles. The highest BCUT2D eigenvalue weighted by Gasteiger charge is 2.19. The SMILES string of the molecule is CN(CC(=O)Nc1ccccc1Cl)C(=O)c1cccc(S(=O)(=O)NCc2cccs2)c1. The molecule has 10 heteroatoms. The van der Waals surface area contributed by atoms with Gasteiger partial charge in [0, 0.05) is 24.0 Å². The summed E-state index contributed by atoms with van der Waals surface area (Å²) in [6.45, 7) is -0.0576. The first-order valence-corrected chi connectivity index (χ1v) is 11.9. The largest absolute Gasteiger partial charge is 0.332 e. The summed E-state index contributed by atoms with van der Waals surface area (Å²) >= 11 is 7.47. The summed E-state index contributed by atoms with van der Waals surface area (Å²) in [5, 5.41) is 4.89. The molecule has 0 unspecified atom stereocenters. The maximum Gasteiger partial charge on any atom is 0.254 e. The van der Waals surface area contributed by atoms with Crippen molar-refractivity contribution in [3.05, 3.63) is 81.5 Å². The second kappa shape index (κ2) is 10.1. The zero-order valence-corrected chi connectivity index (χ0v) is 18.9. The van der Waals surface area contributed by atoms with Crippen molar-refractivity contribution in [1.82, 2.24) is 9.62 Å². The summed E-state index contributed by atoms with van der Waals surface area (Å²) in [7, 11) is -2.33. The van der Waals surface area contributed by atoms with Crippen molar-refractivity contribution >= 4 is 50.5 Å². The minimum absolute atomic E-state index is 0.0242. The molecule has 31 heavy (non-hydrogen) atoms. The van der Waals surface area contributed by atoms with E-state index in [0.717, 1.165) is 4.88 Å². The van der Waals surface area contributed by atoms with Gasteiger partial charge in [0.1, 0.15) is 0 Å². The molecule has 0 spiro atoms. The van der Waals surface area contributed by atoms with Crippen LogP contribution in [0.4, 0.5) is 5.69 Å². The number of carbonyl (C=O) groups is 2. The minimum atomic E-state index is -3.79. The number of thiophene rings is 1. The lowest BCUT2D eigenvalue weighted by atomic mass is 10.2. The maximum atomic E-state index is 12.7. The summed E-state index contributed by atoms with van der Waals surface area (Å²) in [5.74, 6) is -0.907. The topological polar surface area (TPSA) is 95.6 Å². The van der Waals surface area contributed by atoms with Gasteiger partial charge in [0.15, 0.2) is 0 Å². The Morgan fingerprint density at radius 3 is 2.55 bits per heavy atom. The Morgan fingerprint density at radius 2 is 1.84 bits per heavy atom. The predicted octanol–water partition coefficient (Wildman–Crippen LogP) is 3.59. The number of sulfonamides is 1. The van der Waals surface area contributed by atoms with E-state index in [-0.39, 0.29) is 23.5 Å². The first-order valence-electron chi connectivity index (χ1n) is 9.18. The number of nitrogens with one attached hydrogen (secondary N) is 2. The van der Waals surface area contributed by atoms with Crippen LogP contribution in [0.5, 0.6) is 0 Å².